The molecule has 0 atom stereocenters. The van der Waals surface area contributed by atoms with Gasteiger partial charge in [0.25, 0.3) is 0 Å². The van der Waals surface area contributed by atoms with Crippen molar-refractivity contribution < 1.29 is 0 Å². The summed E-state index contributed by atoms with van der Waals surface area (Å²) in [5.74, 6) is 0. The molecule has 228 valence electrons. The lowest BCUT2D eigenvalue weighted by molar-refractivity contribution is 0.469. The second kappa shape index (κ2) is 17.9. The van der Waals surface area contributed by atoms with E-state index in [1.54, 1.807) is 69.8 Å². The molecule has 0 saturated heterocycles. The van der Waals surface area contributed by atoms with Crippen molar-refractivity contribution >= 4 is 64.9 Å². The fourth-order valence-electron chi connectivity index (χ4n) is 2.12. The van der Waals surface area contributed by atoms with Gasteiger partial charge < -0.3 is 0 Å². The lowest BCUT2D eigenvalue weighted by Gasteiger charge is -2.05. The van der Waals surface area contributed by atoms with Gasteiger partial charge in [0.05, 0.1) is 42.3 Å². The van der Waals surface area contributed by atoms with Crippen molar-refractivity contribution in [3.8, 4) is 0 Å². The number of pyridine rings is 3. The summed E-state index contributed by atoms with van der Waals surface area (Å²) in [6.07, 6.45) is 7.05. The fraction of sp³-hybridized carbons (Fsp3) is 0.455. The standard InChI is InChI=1S/3C6H4N2S.3C5H12/c1-2-7-3-5-6(1)9-4-8-5;2*1-2-5-6(7-3-1)8-4-9-5;3*1-5(2,3)4/h3*1-4H;3*1-4H3. The summed E-state index contributed by atoms with van der Waals surface area (Å²) >= 11 is 4.86. The molecule has 0 aromatic carbocycles. The van der Waals surface area contributed by atoms with Gasteiger partial charge in [0, 0.05) is 18.6 Å². The van der Waals surface area contributed by atoms with Gasteiger partial charge in [-0.15, -0.1) is 34.0 Å². The molecule has 0 aliphatic rings. The van der Waals surface area contributed by atoms with Gasteiger partial charge in [-0.25, -0.2) is 24.9 Å². The first kappa shape index (κ1) is 37.1. The molecule has 6 nitrogen and oxygen atoms in total. The van der Waals surface area contributed by atoms with E-state index in [1.165, 1.54) is 4.70 Å². The van der Waals surface area contributed by atoms with E-state index in [0.717, 1.165) is 26.2 Å². The van der Waals surface area contributed by atoms with E-state index in [4.69, 9.17) is 0 Å². The summed E-state index contributed by atoms with van der Waals surface area (Å²) in [4.78, 5) is 24.1. The molecule has 0 fully saturated rings. The van der Waals surface area contributed by atoms with Gasteiger partial charge >= 0.3 is 0 Å². The Kier molecular flexibility index (Phi) is 15.9. The third-order valence-corrected chi connectivity index (χ3v) is 5.72. The lowest BCUT2D eigenvalue weighted by Crippen LogP contribution is -1.93. The van der Waals surface area contributed by atoms with Crippen LogP contribution in [-0.4, -0.2) is 29.9 Å². The van der Waals surface area contributed by atoms with Crippen LogP contribution in [-0.2, 0) is 0 Å². The average molecular weight is 625 g/mol. The van der Waals surface area contributed by atoms with Gasteiger partial charge in [-0.05, 0) is 46.6 Å². The number of fused-ring (bicyclic) bond motifs is 3. The molecule has 0 aliphatic heterocycles. The monoisotopic (exact) mass is 624 g/mol. The number of rotatable bonds is 0. The first-order valence-electron chi connectivity index (χ1n) is 13.8. The predicted octanol–water partition coefficient (Wildman–Crippen LogP) is 11.2. The molecule has 0 bridgehead atoms. The largest absolute Gasteiger partial charge is 0.262 e. The van der Waals surface area contributed by atoms with Gasteiger partial charge in [-0.3, -0.25) is 4.98 Å². The Labute approximate surface area is 264 Å². The molecule has 6 rings (SSSR count). The van der Waals surface area contributed by atoms with Crippen LogP contribution >= 0.6 is 34.0 Å². The molecule has 0 N–H and O–H groups in total. The quantitative estimate of drug-likeness (QED) is 0.167. The van der Waals surface area contributed by atoms with Gasteiger partial charge in [-0.1, -0.05) is 83.1 Å². The second-order valence-corrected chi connectivity index (χ2v) is 16.7. The van der Waals surface area contributed by atoms with Crippen molar-refractivity contribution in [2.24, 2.45) is 16.2 Å². The van der Waals surface area contributed by atoms with E-state index in [0.29, 0.717) is 16.2 Å². The van der Waals surface area contributed by atoms with Crippen molar-refractivity contribution in [3.63, 3.8) is 0 Å². The molecule has 0 aliphatic carbocycles. The van der Waals surface area contributed by atoms with Gasteiger partial charge in [0.15, 0.2) is 11.3 Å². The average Bonchev–Trinajstić information content (AvgIpc) is 3.62. The molecular weight excluding hydrogens is 577 g/mol. The van der Waals surface area contributed by atoms with Crippen LogP contribution in [0.2, 0.25) is 0 Å². The summed E-state index contributed by atoms with van der Waals surface area (Å²) in [5.41, 5.74) is 9.62. The maximum Gasteiger partial charge on any atom is 0.170 e. The molecule has 0 amide bonds. The summed E-state index contributed by atoms with van der Waals surface area (Å²) in [6.45, 7) is 26.2. The van der Waals surface area contributed by atoms with Gasteiger partial charge in [0.2, 0.25) is 0 Å². The molecule has 6 aromatic rings. The maximum atomic E-state index is 4.07. The third kappa shape index (κ3) is 20.9. The first-order chi connectivity index (χ1) is 19.4. The molecule has 0 radical (unpaired) electrons. The van der Waals surface area contributed by atoms with Crippen molar-refractivity contribution in [2.45, 2.75) is 83.1 Å². The first-order valence-corrected chi connectivity index (χ1v) is 16.5. The molecule has 0 unspecified atom stereocenters. The van der Waals surface area contributed by atoms with Crippen LogP contribution in [0.3, 0.4) is 0 Å². The summed E-state index contributed by atoms with van der Waals surface area (Å²) < 4.78 is 3.50. The Bertz CT molecular complexity index is 1240. The number of hydrogen-bond acceptors (Lipinski definition) is 9. The van der Waals surface area contributed by atoms with E-state index in [1.807, 2.05) is 35.8 Å². The van der Waals surface area contributed by atoms with Crippen molar-refractivity contribution in [3.05, 3.63) is 71.7 Å². The molecular formula is C33H48N6S3. The van der Waals surface area contributed by atoms with Crippen LogP contribution in [0.15, 0.2) is 71.7 Å². The summed E-state index contributed by atoms with van der Waals surface area (Å²) in [7, 11) is 0. The Hall–Kier alpha value is -2.88. The van der Waals surface area contributed by atoms with Crippen LogP contribution in [0.1, 0.15) is 83.1 Å². The highest BCUT2D eigenvalue weighted by atomic mass is 32.1. The summed E-state index contributed by atoms with van der Waals surface area (Å²) in [6, 6.07) is 9.83. The Morgan fingerprint density at radius 1 is 0.452 bits per heavy atom. The third-order valence-electron chi connectivity index (χ3n) is 3.34. The highest BCUT2D eigenvalue weighted by Crippen LogP contribution is 2.15. The van der Waals surface area contributed by atoms with E-state index in [-0.39, 0.29) is 0 Å². The zero-order valence-electron chi connectivity index (χ0n) is 27.3. The van der Waals surface area contributed by atoms with Crippen molar-refractivity contribution in [1.82, 2.24) is 29.9 Å². The second-order valence-electron chi connectivity index (χ2n) is 14.1. The van der Waals surface area contributed by atoms with E-state index >= 15 is 0 Å². The number of thiazole rings is 3. The highest BCUT2D eigenvalue weighted by molar-refractivity contribution is 7.17. The van der Waals surface area contributed by atoms with Crippen LogP contribution in [0, 0.1) is 16.2 Å². The number of nitrogens with zero attached hydrogens (tertiary/aromatic N) is 6. The molecule has 0 saturated carbocycles. The maximum absolute atomic E-state index is 4.07. The summed E-state index contributed by atoms with van der Waals surface area (Å²) in [5, 5.41) is 0. The Morgan fingerprint density at radius 3 is 1.21 bits per heavy atom. The minimum absolute atomic E-state index is 0.500. The van der Waals surface area contributed by atoms with E-state index in [2.05, 4.69) is 113 Å². The van der Waals surface area contributed by atoms with Crippen LogP contribution in [0.25, 0.3) is 30.9 Å². The number of hydrogen-bond donors (Lipinski definition) is 0. The van der Waals surface area contributed by atoms with E-state index < -0.39 is 0 Å². The molecule has 42 heavy (non-hydrogen) atoms. The van der Waals surface area contributed by atoms with E-state index in [9.17, 15) is 0 Å². The minimum atomic E-state index is 0.500. The van der Waals surface area contributed by atoms with Crippen LogP contribution < -0.4 is 0 Å². The molecule has 6 heterocycles. The molecule has 6 aromatic heterocycles. The predicted molar refractivity (Wildman–Crippen MR) is 188 cm³/mol. The Balaban J connectivity index is 0.000000259. The fourth-order valence-corrected chi connectivity index (χ4v) is 4.03. The minimum Gasteiger partial charge on any atom is -0.262 e. The topological polar surface area (TPSA) is 77.3 Å². The SMILES string of the molecule is CC(C)(C)C.CC(C)(C)C.CC(C)(C)C.c1cc2scnc2cn1.c1cnc2ncsc2c1.c1cnc2ncsc2c1. The zero-order valence-corrected chi connectivity index (χ0v) is 29.8. The van der Waals surface area contributed by atoms with Crippen molar-refractivity contribution in [2.75, 3.05) is 0 Å². The normalized spacial score (nSPS) is 10.9. The molecule has 0 spiro atoms. The van der Waals surface area contributed by atoms with Crippen molar-refractivity contribution in [1.29, 1.82) is 0 Å². The highest BCUT2D eigenvalue weighted by Gasteiger charge is 1.97. The Morgan fingerprint density at radius 2 is 0.833 bits per heavy atom. The van der Waals surface area contributed by atoms with Crippen LogP contribution in [0.4, 0.5) is 0 Å². The lowest BCUT2D eigenvalue weighted by atomic mass is 10.0. The van der Waals surface area contributed by atoms with Crippen LogP contribution in [0.5, 0.6) is 0 Å². The van der Waals surface area contributed by atoms with Gasteiger partial charge in [-0.2, -0.15) is 0 Å². The number of aromatic nitrogens is 6. The molecule has 9 heteroatoms. The smallest absolute Gasteiger partial charge is 0.170 e. The zero-order chi connectivity index (χ0) is 31.8. The van der Waals surface area contributed by atoms with Gasteiger partial charge in [0.1, 0.15) is 0 Å².